The van der Waals surface area contributed by atoms with Gasteiger partial charge in [-0.15, -0.1) is 13.2 Å². The van der Waals surface area contributed by atoms with Crippen LogP contribution in [0.5, 0.6) is 5.75 Å². The average Bonchev–Trinajstić information content (AvgIpc) is 2.75. The lowest BCUT2D eigenvalue weighted by Gasteiger charge is -2.28. The van der Waals surface area contributed by atoms with Gasteiger partial charge >= 0.3 is 6.36 Å². The van der Waals surface area contributed by atoms with E-state index >= 15 is 0 Å². The van der Waals surface area contributed by atoms with E-state index in [0.29, 0.717) is 12.2 Å². The third-order valence-corrected chi connectivity index (χ3v) is 4.11. The number of hydrogen-bond acceptors (Lipinski definition) is 2. The van der Waals surface area contributed by atoms with Crippen LogP contribution in [0.2, 0.25) is 0 Å². The van der Waals surface area contributed by atoms with Crippen molar-refractivity contribution < 1.29 is 17.9 Å². The summed E-state index contributed by atoms with van der Waals surface area (Å²) in [7, 11) is 0. The highest BCUT2D eigenvalue weighted by atomic mass is 19.4. The van der Waals surface area contributed by atoms with Crippen LogP contribution in [0, 0.1) is 0 Å². The summed E-state index contributed by atoms with van der Waals surface area (Å²) in [5.41, 5.74) is 1.38. The minimum atomic E-state index is -4.66. The maximum atomic E-state index is 12.4. The van der Waals surface area contributed by atoms with E-state index in [2.05, 4.69) is 23.9 Å². The van der Waals surface area contributed by atoms with Gasteiger partial charge < -0.3 is 10.1 Å². The van der Waals surface area contributed by atoms with Crippen molar-refractivity contribution in [1.82, 2.24) is 0 Å². The molecule has 0 amide bonds. The monoisotopic (exact) mass is 287 g/mol. The van der Waals surface area contributed by atoms with E-state index in [9.17, 15) is 13.2 Å². The molecule has 112 valence electrons. The van der Waals surface area contributed by atoms with Gasteiger partial charge in [-0.3, -0.25) is 0 Å². The van der Waals surface area contributed by atoms with Gasteiger partial charge in [-0.1, -0.05) is 38.8 Å². The molecular formula is C15H20F3NO. The van der Waals surface area contributed by atoms with Crippen LogP contribution in [-0.4, -0.2) is 12.9 Å². The van der Waals surface area contributed by atoms with Crippen LogP contribution in [0.4, 0.5) is 18.9 Å². The molecule has 1 aromatic rings. The molecule has 2 rings (SSSR count). The van der Waals surface area contributed by atoms with Gasteiger partial charge in [0, 0.05) is 12.0 Å². The number of fused-ring (bicyclic) bond motifs is 1. The van der Waals surface area contributed by atoms with Crippen molar-refractivity contribution in [2.45, 2.75) is 51.3 Å². The van der Waals surface area contributed by atoms with Crippen molar-refractivity contribution in [2.24, 2.45) is 0 Å². The maximum Gasteiger partial charge on any atom is 0.573 e. The number of rotatable bonds is 5. The van der Waals surface area contributed by atoms with Crippen molar-refractivity contribution in [3.63, 3.8) is 0 Å². The minimum Gasteiger partial charge on any atom is -0.404 e. The molecule has 1 unspecified atom stereocenters. The number of hydrogen-bond donors (Lipinski definition) is 1. The molecule has 0 bridgehead atoms. The van der Waals surface area contributed by atoms with E-state index in [0.717, 1.165) is 31.2 Å². The predicted octanol–water partition coefficient (Wildman–Crippen LogP) is 4.85. The summed E-state index contributed by atoms with van der Waals surface area (Å²) in [6.45, 7) is 4.89. The largest absolute Gasteiger partial charge is 0.573 e. The molecule has 0 saturated carbocycles. The summed E-state index contributed by atoms with van der Waals surface area (Å²) in [5.74, 6) is -0.123. The maximum absolute atomic E-state index is 12.4. The Labute approximate surface area is 117 Å². The minimum absolute atomic E-state index is 0.0731. The zero-order valence-corrected chi connectivity index (χ0v) is 11.8. The highest BCUT2D eigenvalue weighted by Gasteiger charge is 2.40. The topological polar surface area (TPSA) is 21.3 Å². The number of benzene rings is 1. The average molecular weight is 287 g/mol. The lowest BCUT2D eigenvalue weighted by Crippen LogP contribution is -2.27. The number of alkyl halides is 3. The van der Waals surface area contributed by atoms with Crippen LogP contribution in [0.1, 0.15) is 45.1 Å². The normalized spacial score (nSPS) is 21.4. The first-order chi connectivity index (χ1) is 9.42. The Hall–Kier alpha value is -1.39. The number of nitrogens with one attached hydrogen (secondary N) is 1. The van der Waals surface area contributed by atoms with Crippen LogP contribution in [0.3, 0.4) is 0 Å². The summed E-state index contributed by atoms with van der Waals surface area (Å²) in [5, 5.41) is 3.12. The highest BCUT2D eigenvalue weighted by molar-refractivity contribution is 5.68. The van der Waals surface area contributed by atoms with Crippen molar-refractivity contribution in [2.75, 3.05) is 11.9 Å². The van der Waals surface area contributed by atoms with Gasteiger partial charge in [-0.25, -0.2) is 0 Å². The van der Waals surface area contributed by atoms with Gasteiger partial charge in [0.25, 0.3) is 0 Å². The van der Waals surface area contributed by atoms with Gasteiger partial charge in [0.05, 0.1) is 5.69 Å². The first kappa shape index (κ1) is 15.0. The summed E-state index contributed by atoms with van der Waals surface area (Å²) < 4.78 is 41.4. The zero-order valence-electron chi connectivity index (χ0n) is 11.8. The van der Waals surface area contributed by atoms with Crippen LogP contribution in [-0.2, 0) is 5.41 Å². The summed E-state index contributed by atoms with van der Waals surface area (Å²) >= 11 is 0. The molecule has 0 saturated heterocycles. The molecule has 0 spiro atoms. The second-order valence-electron chi connectivity index (χ2n) is 5.32. The molecule has 0 aliphatic carbocycles. The van der Waals surface area contributed by atoms with Gasteiger partial charge in [-0.2, -0.15) is 0 Å². The molecule has 20 heavy (non-hydrogen) atoms. The molecule has 0 aromatic heterocycles. The molecule has 5 heteroatoms. The lowest BCUT2D eigenvalue weighted by molar-refractivity contribution is -0.274. The number of ether oxygens (including phenoxy) is 1. The second kappa shape index (κ2) is 5.54. The molecule has 1 aromatic carbocycles. The van der Waals surface area contributed by atoms with Gasteiger partial charge in [0.1, 0.15) is 0 Å². The SMILES string of the molecule is CCCCC1(CC)CNc2c(OC(F)(F)F)cccc21. The van der Waals surface area contributed by atoms with Crippen LogP contribution < -0.4 is 10.1 Å². The van der Waals surface area contributed by atoms with Gasteiger partial charge in [0.2, 0.25) is 0 Å². The van der Waals surface area contributed by atoms with E-state index in [1.54, 1.807) is 6.07 Å². The summed E-state index contributed by atoms with van der Waals surface area (Å²) in [6, 6.07) is 4.92. The van der Waals surface area contributed by atoms with Crippen molar-refractivity contribution in [3.05, 3.63) is 23.8 Å². The zero-order chi connectivity index (χ0) is 14.8. The van der Waals surface area contributed by atoms with Crippen LogP contribution >= 0.6 is 0 Å². The number of anilines is 1. The Morgan fingerprint density at radius 2 is 2.05 bits per heavy atom. The Kier molecular flexibility index (Phi) is 4.16. The van der Waals surface area contributed by atoms with E-state index in [-0.39, 0.29) is 11.2 Å². The number of para-hydroxylation sites is 1. The first-order valence-electron chi connectivity index (χ1n) is 7.05. The third kappa shape index (κ3) is 2.86. The van der Waals surface area contributed by atoms with Crippen molar-refractivity contribution >= 4 is 5.69 Å². The summed E-state index contributed by atoms with van der Waals surface area (Å²) in [4.78, 5) is 0. The molecule has 1 aliphatic heterocycles. The smallest absolute Gasteiger partial charge is 0.404 e. The lowest BCUT2D eigenvalue weighted by atomic mass is 9.76. The Morgan fingerprint density at radius 3 is 2.65 bits per heavy atom. The number of unbranched alkanes of at least 4 members (excludes halogenated alkanes) is 1. The molecule has 0 radical (unpaired) electrons. The standard InChI is InChI=1S/C15H20F3NO/c1-3-5-9-14(4-2)10-19-13-11(14)7-6-8-12(13)20-15(16,17)18/h6-8,19H,3-5,9-10H2,1-2H3. The van der Waals surface area contributed by atoms with Crippen molar-refractivity contribution in [3.8, 4) is 5.75 Å². The molecule has 1 aliphatic rings. The van der Waals surface area contributed by atoms with Crippen LogP contribution in [0.25, 0.3) is 0 Å². The van der Waals surface area contributed by atoms with E-state index in [1.807, 2.05) is 6.07 Å². The molecule has 1 N–H and O–H groups in total. The quantitative estimate of drug-likeness (QED) is 0.836. The fourth-order valence-corrected chi connectivity index (χ4v) is 2.95. The fourth-order valence-electron chi connectivity index (χ4n) is 2.95. The number of halogens is 3. The van der Waals surface area contributed by atoms with E-state index in [4.69, 9.17) is 0 Å². The van der Waals surface area contributed by atoms with Gasteiger partial charge in [-0.05, 0) is 24.5 Å². The highest BCUT2D eigenvalue weighted by Crippen LogP contribution is 2.47. The second-order valence-corrected chi connectivity index (χ2v) is 5.32. The molecular weight excluding hydrogens is 267 g/mol. The third-order valence-electron chi connectivity index (χ3n) is 4.11. The molecule has 2 nitrogen and oxygen atoms in total. The Bertz CT molecular complexity index is 473. The summed E-state index contributed by atoms with van der Waals surface area (Å²) in [6.07, 6.45) is -0.620. The van der Waals surface area contributed by atoms with Gasteiger partial charge in [0.15, 0.2) is 5.75 Å². The first-order valence-corrected chi connectivity index (χ1v) is 7.05. The molecule has 1 heterocycles. The molecule has 1 atom stereocenters. The molecule has 0 fully saturated rings. The van der Waals surface area contributed by atoms with Crippen LogP contribution in [0.15, 0.2) is 18.2 Å². The predicted molar refractivity (Wildman–Crippen MR) is 73.1 cm³/mol. The van der Waals surface area contributed by atoms with E-state index < -0.39 is 6.36 Å². The Morgan fingerprint density at radius 1 is 1.30 bits per heavy atom. The van der Waals surface area contributed by atoms with E-state index in [1.165, 1.54) is 6.07 Å². The fraction of sp³-hybridized carbons (Fsp3) is 0.600. The van der Waals surface area contributed by atoms with Crippen molar-refractivity contribution in [1.29, 1.82) is 0 Å². The Balaban J connectivity index is 2.35.